The van der Waals surface area contributed by atoms with Crippen molar-refractivity contribution >= 4 is 87.3 Å². The Balaban J connectivity index is 1.74. The fourth-order valence-electron chi connectivity index (χ4n) is 2.65. The zero-order valence-corrected chi connectivity index (χ0v) is 20.3. The third-order valence-electron chi connectivity index (χ3n) is 4.01. The van der Waals surface area contributed by atoms with E-state index in [0.717, 1.165) is 0 Å². The van der Waals surface area contributed by atoms with E-state index in [2.05, 4.69) is 5.32 Å². The molecule has 2 aromatic rings. The first-order valence-corrected chi connectivity index (χ1v) is 11.0. The van der Waals surface area contributed by atoms with Crippen LogP contribution in [0.4, 0.5) is 0 Å². The molecule has 160 valence electrons. The molecule has 0 saturated carbocycles. The van der Waals surface area contributed by atoms with Gasteiger partial charge in [0.25, 0.3) is 5.91 Å². The van der Waals surface area contributed by atoms with Crippen LogP contribution in [0.25, 0.3) is 6.08 Å². The molecule has 3 rings (SSSR count). The number of ether oxygens (including phenoxy) is 1. The molecule has 30 heavy (non-hydrogen) atoms. The van der Waals surface area contributed by atoms with Crippen molar-refractivity contribution in [1.29, 1.82) is 0 Å². The number of hydrogen-bond acceptors (Lipinski definition) is 4. The third-order valence-corrected chi connectivity index (χ3v) is 6.57. The summed E-state index contributed by atoms with van der Waals surface area (Å²) < 4.78 is 11.3. The molecular weight excluding hydrogens is 514 g/mol. The molecule has 0 unspecified atom stereocenters. The normalized spacial score (nSPS) is 15.5. The zero-order chi connectivity index (χ0) is 22.2. The molecule has 11 heteroatoms. The predicted octanol–water partition coefficient (Wildman–Crippen LogP) is 6.84. The molecule has 1 fully saturated rings. The number of amides is 1. The Labute approximate surface area is 203 Å². The van der Waals surface area contributed by atoms with Gasteiger partial charge in [-0.15, -0.1) is 0 Å². The van der Waals surface area contributed by atoms with Gasteiger partial charge >= 0.3 is 0 Å². The maximum Gasteiger partial charge on any atom is 0.276 e. The van der Waals surface area contributed by atoms with Crippen LogP contribution in [-0.2, 0) is 11.4 Å². The minimum absolute atomic E-state index is 0.00380. The lowest BCUT2D eigenvalue weighted by atomic mass is 10.2. The van der Waals surface area contributed by atoms with E-state index in [1.165, 1.54) is 4.90 Å². The van der Waals surface area contributed by atoms with E-state index < -0.39 is 0 Å². The molecule has 0 atom stereocenters. The number of nitrogens with zero attached hydrogens (tertiary/aromatic N) is 1. The van der Waals surface area contributed by atoms with Crippen molar-refractivity contribution in [2.75, 3.05) is 6.54 Å². The van der Waals surface area contributed by atoms with Crippen molar-refractivity contribution in [3.8, 4) is 5.75 Å². The summed E-state index contributed by atoms with van der Waals surface area (Å²) >= 11 is 35.6. The standard InChI is InChI=1S/C19H15Cl5N2O3S/c1-8(2)6-26-18(27)11(25-19(26)30)5-9-3-4-10(29-9)7-28-17-15(23)13(21)12(20)14(22)16(17)24/h3-5,8H,6-7H2,1-2H3,(H,25,30)/b11-5+. The van der Waals surface area contributed by atoms with Gasteiger partial charge in [-0.1, -0.05) is 71.9 Å². The third kappa shape index (κ3) is 4.85. The molecular formula is C19H15Cl5N2O3S. The number of thiocarbonyl (C=S) groups is 1. The highest BCUT2D eigenvalue weighted by Crippen LogP contribution is 2.48. The predicted molar refractivity (Wildman–Crippen MR) is 125 cm³/mol. The van der Waals surface area contributed by atoms with Gasteiger partial charge in [0.05, 0.1) is 15.1 Å². The van der Waals surface area contributed by atoms with Crippen molar-refractivity contribution in [3.63, 3.8) is 0 Å². The number of carbonyl (C=O) groups is 1. The monoisotopic (exact) mass is 526 g/mol. The van der Waals surface area contributed by atoms with Crippen molar-refractivity contribution in [1.82, 2.24) is 10.2 Å². The molecule has 1 amide bonds. The summed E-state index contributed by atoms with van der Waals surface area (Å²) in [5, 5.41) is 3.50. The molecule has 1 N–H and O–H groups in total. The van der Waals surface area contributed by atoms with Gasteiger partial charge in [-0.25, -0.2) is 0 Å². The Morgan fingerprint density at radius 1 is 1.10 bits per heavy atom. The fraction of sp³-hybridized carbons (Fsp3) is 0.263. The first-order chi connectivity index (χ1) is 14.1. The number of benzene rings is 1. The molecule has 1 aromatic carbocycles. The highest BCUT2D eigenvalue weighted by molar-refractivity contribution is 7.80. The molecule has 1 aliphatic rings. The Bertz CT molecular complexity index is 1020. The van der Waals surface area contributed by atoms with Crippen molar-refractivity contribution in [2.24, 2.45) is 5.92 Å². The van der Waals surface area contributed by atoms with Gasteiger partial charge in [-0.3, -0.25) is 9.69 Å². The second-order valence-electron chi connectivity index (χ2n) is 6.79. The van der Waals surface area contributed by atoms with Gasteiger partial charge in [-0.2, -0.15) is 0 Å². The smallest absolute Gasteiger partial charge is 0.276 e. The number of hydrogen-bond donors (Lipinski definition) is 1. The molecule has 1 aromatic heterocycles. The second kappa shape index (κ2) is 9.55. The average Bonchev–Trinajstić information content (AvgIpc) is 3.24. The Morgan fingerprint density at radius 2 is 1.70 bits per heavy atom. The second-order valence-corrected chi connectivity index (χ2v) is 9.07. The van der Waals surface area contributed by atoms with Gasteiger partial charge in [0.2, 0.25) is 0 Å². The first-order valence-electron chi connectivity index (χ1n) is 8.67. The van der Waals surface area contributed by atoms with Gasteiger partial charge < -0.3 is 14.5 Å². The minimum Gasteiger partial charge on any atom is -0.482 e. The minimum atomic E-state index is -0.202. The summed E-state index contributed by atoms with van der Waals surface area (Å²) in [7, 11) is 0. The summed E-state index contributed by atoms with van der Waals surface area (Å²) in [6, 6.07) is 3.39. The highest BCUT2D eigenvalue weighted by Gasteiger charge is 2.31. The largest absolute Gasteiger partial charge is 0.482 e. The summed E-state index contributed by atoms with van der Waals surface area (Å²) in [6.45, 7) is 4.55. The maximum absolute atomic E-state index is 12.5. The van der Waals surface area contributed by atoms with E-state index in [0.29, 0.717) is 28.9 Å². The molecule has 0 bridgehead atoms. The van der Waals surface area contributed by atoms with Crippen LogP contribution in [0, 0.1) is 5.92 Å². The van der Waals surface area contributed by atoms with Crippen LogP contribution >= 0.6 is 70.2 Å². The lowest BCUT2D eigenvalue weighted by Crippen LogP contribution is -2.33. The summed E-state index contributed by atoms with van der Waals surface area (Å²) in [5.74, 6) is 1.09. The first kappa shape index (κ1) is 23.5. The topological polar surface area (TPSA) is 54.7 Å². The van der Waals surface area contributed by atoms with Crippen LogP contribution in [0.5, 0.6) is 5.75 Å². The van der Waals surface area contributed by atoms with Crippen LogP contribution in [-0.4, -0.2) is 22.5 Å². The number of halogens is 5. The molecule has 0 spiro atoms. The lowest BCUT2D eigenvalue weighted by molar-refractivity contribution is -0.122. The molecule has 1 saturated heterocycles. The van der Waals surface area contributed by atoms with E-state index >= 15 is 0 Å². The van der Waals surface area contributed by atoms with E-state index in [1.807, 2.05) is 13.8 Å². The zero-order valence-electron chi connectivity index (χ0n) is 15.7. The van der Waals surface area contributed by atoms with Gasteiger partial charge in [0, 0.05) is 12.6 Å². The number of rotatable bonds is 6. The maximum atomic E-state index is 12.5. The Morgan fingerprint density at radius 3 is 2.30 bits per heavy atom. The van der Waals surface area contributed by atoms with Crippen molar-refractivity contribution in [2.45, 2.75) is 20.5 Å². The van der Waals surface area contributed by atoms with Gasteiger partial charge in [0.15, 0.2) is 10.9 Å². The SMILES string of the molecule is CC(C)CN1C(=O)/C(=C\c2ccc(COc3c(Cl)c(Cl)c(Cl)c(Cl)c3Cl)o2)NC1=S. The van der Waals surface area contributed by atoms with Crippen LogP contribution in [0.1, 0.15) is 25.4 Å². The molecule has 1 aliphatic heterocycles. The molecule has 2 heterocycles. The number of nitrogens with one attached hydrogen (secondary N) is 1. The van der Waals surface area contributed by atoms with E-state index in [9.17, 15) is 4.79 Å². The molecule has 0 aliphatic carbocycles. The van der Waals surface area contributed by atoms with Gasteiger partial charge in [0.1, 0.15) is 33.9 Å². The van der Waals surface area contributed by atoms with Crippen LogP contribution in [0.3, 0.4) is 0 Å². The van der Waals surface area contributed by atoms with Crippen LogP contribution in [0.2, 0.25) is 25.1 Å². The van der Waals surface area contributed by atoms with E-state index in [4.69, 9.17) is 79.4 Å². The van der Waals surface area contributed by atoms with Crippen LogP contribution < -0.4 is 10.1 Å². The van der Waals surface area contributed by atoms with E-state index in [1.54, 1.807) is 18.2 Å². The Kier molecular flexibility index (Phi) is 7.49. The Hall–Kier alpha value is -1.15. The van der Waals surface area contributed by atoms with Crippen LogP contribution in [0.15, 0.2) is 22.2 Å². The van der Waals surface area contributed by atoms with Gasteiger partial charge in [-0.05, 0) is 30.3 Å². The highest BCUT2D eigenvalue weighted by atomic mass is 35.5. The molecule has 5 nitrogen and oxygen atoms in total. The summed E-state index contributed by atoms with van der Waals surface area (Å²) in [4.78, 5) is 14.0. The summed E-state index contributed by atoms with van der Waals surface area (Å²) in [5.41, 5.74) is 0.338. The van der Waals surface area contributed by atoms with Crippen molar-refractivity contribution < 1.29 is 13.9 Å². The average molecular weight is 529 g/mol. The summed E-state index contributed by atoms with van der Waals surface area (Å²) in [6.07, 6.45) is 1.58. The fourth-order valence-corrected chi connectivity index (χ4v) is 4.15. The van der Waals surface area contributed by atoms with E-state index in [-0.39, 0.29) is 49.3 Å². The lowest BCUT2D eigenvalue weighted by Gasteiger charge is -2.15. The van der Waals surface area contributed by atoms with Crippen molar-refractivity contribution in [3.05, 3.63) is 54.5 Å². The number of carbonyl (C=O) groups excluding carboxylic acids is 1. The quantitative estimate of drug-likeness (QED) is 0.193. The molecule has 0 radical (unpaired) electrons. The number of furan rings is 1.